The van der Waals surface area contributed by atoms with Gasteiger partial charge in [0.2, 0.25) is 5.89 Å². The van der Waals surface area contributed by atoms with Gasteiger partial charge in [0.15, 0.2) is 0 Å². The summed E-state index contributed by atoms with van der Waals surface area (Å²) in [5, 5.41) is 10.5. The number of hydrogen-bond acceptors (Lipinski definition) is 6. The van der Waals surface area contributed by atoms with Gasteiger partial charge in [-0.2, -0.15) is 0 Å². The van der Waals surface area contributed by atoms with Crippen molar-refractivity contribution in [3.63, 3.8) is 0 Å². The second-order valence-electron chi connectivity index (χ2n) is 4.78. The van der Waals surface area contributed by atoms with Gasteiger partial charge in [0.05, 0.1) is 12.2 Å². The lowest BCUT2D eigenvalue weighted by Crippen LogP contribution is -2.31. The number of rotatable bonds is 4. The quantitative estimate of drug-likeness (QED) is 0.837. The molecule has 3 heterocycles. The Morgan fingerprint density at radius 1 is 1.48 bits per heavy atom. The van der Waals surface area contributed by atoms with Crippen LogP contribution in [-0.4, -0.2) is 34.7 Å². The first-order valence-corrected chi connectivity index (χ1v) is 6.84. The van der Waals surface area contributed by atoms with Crippen molar-refractivity contribution in [1.29, 1.82) is 5.41 Å². The standard InChI is InChI=1S/C15H17N5O/c1-17-9-11(8-16)20-7-5-14-13(10-20)19-15(21-14)12-4-2-3-6-18-12/h2-4,6,8-9,16-17H,5,7,10H2,1H3/b11-9+,16-8?. The van der Waals surface area contributed by atoms with E-state index in [1.165, 1.54) is 6.21 Å². The summed E-state index contributed by atoms with van der Waals surface area (Å²) in [6.07, 6.45) is 5.68. The van der Waals surface area contributed by atoms with Crippen LogP contribution in [0.4, 0.5) is 0 Å². The largest absolute Gasteiger partial charge is 0.439 e. The molecule has 0 saturated heterocycles. The zero-order valence-corrected chi connectivity index (χ0v) is 11.8. The maximum atomic E-state index is 7.49. The highest BCUT2D eigenvalue weighted by Crippen LogP contribution is 2.26. The van der Waals surface area contributed by atoms with Gasteiger partial charge in [-0.15, -0.1) is 0 Å². The van der Waals surface area contributed by atoms with E-state index in [0.717, 1.165) is 35.8 Å². The topological polar surface area (TPSA) is 78.0 Å². The third-order valence-electron chi connectivity index (χ3n) is 3.42. The number of oxazole rings is 1. The molecule has 0 radical (unpaired) electrons. The molecular weight excluding hydrogens is 266 g/mol. The van der Waals surface area contributed by atoms with Crippen LogP contribution in [0.5, 0.6) is 0 Å². The lowest BCUT2D eigenvalue weighted by molar-refractivity contribution is 0.313. The highest BCUT2D eigenvalue weighted by molar-refractivity contribution is 5.74. The van der Waals surface area contributed by atoms with Crippen molar-refractivity contribution in [2.45, 2.75) is 13.0 Å². The van der Waals surface area contributed by atoms with E-state index in [-0.39, 0.29) is 0 Å². The van der Waals surface area contributed by atoms with Gasteiger partial charge in [0.25, 0.3) is 0 Å². The van der Waals surface area contributed by atoms with Crippen LogP contribution in [0.1, 0.15) is 11.5 Å². The van der Waals surface area contributed by atoms with Gasteiger partial charge in [-0.1, -0.05) is 6.07 Å². The molecule has 0 aromatic carbocycles. The molecule has 3 rings (SSSR count). The first-order valence-electron chi connectivity index (χ1n) is 6.84. The molecule has 0 atom stereocenters. The Morgan fingerprint density at radius 2 is 2.38 bits per heavy atom. The van der Waals surface area contributed by atoms with E-state index < -0.39 is 0 Å². The fraction of sp³-hybridized carbons (Fsp3) is 0.267. The molecule has 0 aliphatic carbocycles. The van der Waals surface area contributed by atoms with Crippen molar-refractivity contribution in [2.24, 2.45) is 0 Å². The molecule has 0 fully saturated rings. The summed E-state index contributed by atoms with van der Waals surface area (Å²) in [4.78, 5) is 10.9. The summed E-state index contributed by atoms with van der Waals surface area (Å²) < 4.78 is 5.82. The monoisotopic (exact) mass is 283 g/mol. The fourth-order valence-electron chi connectivity index (χ4n) is 2.39. The molecule has 0 spiro atoms. The average molecular weight is 283 g/mol. The van der Waals surface area contributed by atoms with E-state index in [0.29, 0.717) is 12.4 Å². The molecule has 1 aliphatic rings. The molecule has 0 saturated carbocycles. The lowest BCUT2D eigenvalue weighted by atomic mass is 10.1. The summed E-state index contributed by atoms with van der Waals surface area (Å²) in [7, 11) is 1.83. The number of aromatic nitrogens is 2. The molecule has 108 valence electrons. The van der Waals surface area contributed by atoms with E-state index in [1.54, 1.807) is 6.20 Å². The van der Waals surface area contributed by atoms with Gasteiger partial charge in [-0.05, 0) is 12.1 Å². The molecule has 0 amide bonds. The van der Waals surface area contributed by atoms with Crippen molar-refractivity contribution in [3.05, 3.63) is 47.7 Å². The zero-order chi connectivity index (χ0) is 14.7. The summed E-state index contributed by atoms with van der Waals surface area (Å²) in [6.45, 7) is 1.46. The Morgan fingerprint density at radius 3 is 3.10 bits per heavy atom. The highest BCUT2D eigenvalue weighted by atomic mass is 16.4. The van der Waals surface area contributed by atoms with Crippen molar-refractivity contribution in [1.82, 2.24) is 20.2 Å². The number of nitrogens with zero attached hydrogens (tertiary/aromatic N) is 3. The average Bonchev–Trinajstić information content (AvgIpc) is 2.96. The van der Waals surface area contributed by atoms with Crippen LogP contribution in [0.3, 0.4) is 0 Å². The lowest BCUT2D eigenvalue weighted by Gasteiger charge is -2.27. The van der Waals surface area contributed by atoms with Gasteiger partial charge < -0.3 is 20.0 Å². The van der Waals surface area contributed by atoms with E-state index >= 15 is 0 Å². The number of allylic oxidation sites excluding steroid dienone is 1. The molecule has 21 heavy (non-hydrogen) atoms. The Labute approximate surface area is 123 Å². The molecule has 0 bridgehead atoms. The molecular formula is C15H17N5O. The normalized spacial score (nSPS) is 14.7. The van der Waals surface area contributed by atoms with Crippen molar-refractivity contribution < 1.29 is 4.42 Å². The van der Waals surface area contributed by atoms with E-state index in [2.05, 4.69) is 20.2 Å². The molecule has 2 aromatic rings. The SMILES string of the molecule is CN/C=C(\C=N)N1CCc2oc(-c3ccccn3)nc2C1. The van der Waals surface area contributed by atoms with Crippen molar-refractivity contribution in [3.8, 4) is 11.6 Å². The minimum absolute atomic E-state index is 0.566. The highest BCUT2D eigenvalue weighted by Gasteiger charge is 2.23. The molecule has 0 unspecified atom stereocenters. The predicted molar refractivity (Wildman–Crippen MR) is 79.8 cm³/mol. The summed E-state index contributed by atoms with van der Waals surface area (Å²) in [6, 6.07) is 5.67. The Hall–Kier alpha value is -2.63. The number of nitrogens with one attached hydrogen (secondary N) is 2. The maximum absolute atomic E-state index is 7.49. The van der Waals surface area contributed by atoms with Gasteiger partial charge >= 0.3 is 0 Å². The second-order valence-corrected chi connectivity index (χ2v) is 4.78. The zero-order valence-electron chi connectivity index (χ0n) is 11.8. The van der Waals surface area contributed by atoms with Crippen molar-refractivity contribution in [2.75, 3.05) is 13.6 Å². The van der Waals surface area contributed by atoms with Gasteiger partial charge in [0.1, 0.15) is 17.1 Å². The first kappa shape index (κ1) is 13.4. The maximum Gasteiger partial charge on any atom is 0.245 e. The Bertz CT molecular complexity index is 662. The van der Waals surface area contributed by atoms with Crippen LogP contribution in [0.2, 0.25) is 0 Å². The Kier molecular flexibility index (Phi) is 3.68. The van der Waals surface area contributed by atoms with Gasteiger partial charge in [-0.3, -0.25) is 4.98 Å². The number of fused-ring (bicyclic) bond motifs is 1. The summed E-state index contributed by atoms with van der Waals surface area (Å²) in [5.41, 5.74) is 2.51. The molecule has 2 N–H and O–H groups in total. The number of pyridine rings is 1. The predicted octanol–water partition coefficient (Wildman–Crippen LogP) is 1.81. The summed E-state index contributed by atoms with van der Waals surface area (Å²) in [5.74, 6) is 1.48. The van der Waals surface area contributed by atoms with Crippen LogP contribution in [0.15, 0.2) is 40.7 Å². The first-order chi connectivity index (χ1) is 10.3. The van der Waals surface area contributed by atoms with Gasteiger partial charge in [-0.25, -0.2) is 4.98 Å². The second kappa shape index (κ2) is 5.78. The van der Waals surface area contributed by atoms with E-state index in [9.17, 15) is 0 Å². The molecule has 1 aliphatic heterocycles. The third-order valence-corrected chi connectivity index (χ3v) is 3.42. The molecule has 6 nitrogen and oxygen atoms in total. The molecule has 2 aromatic heterocycles. The van der Waals surface area contributed by atoms with Crippen molar-refractivity contribution >= 4 is 6.21 Å². The van der Waals surface area contributed by atoms with Crippen LogP contribution in [0, 0.1) is 5.41 Å². The summed E-state index contributed by atoms with van der Waals surface area (Å²) >= 11 is 0. The van der Waals surface area contributed by atoms with Crippen LogP contribution >= 0.6 is 0 Å². The minimum Gasteiger partial charge on any atom is -0.439 e. The van der Waals surface area contributed by atoms with E-state index in [4.69, 9.17) is 9.83 Å². The number of hydrogen-bond donors (Lipinski definition) is 2. The minimum atomic E-state index is 0.566. The fourth-order valence-corrected chi connectivity index (χ4v) is 2.39. The van der Waals surface area contributed by atoms with E-state index in [1.807, 2.05) is 31.4 Å². The van der Waals surface area contributed by atoms with Crippen LogP contribution in [0.25, 0.3) is 11.6 Å². The Balaban J connectivity index is 1.86. The molecule has 6 heteroatoms. The van der Waals surface area contributed by atoms with Crippen LogP contribution in [-0.2, 0) is 13.0 Å². The van der Waals surface area contributed by atoms with Gasteiger partial charge in [0, 0.05) is 38.6 Å². The smallest absolute Gasteiger partial charge is 0.245 e. The van der Waals surface area contributed by atoms with Crippen LogP contribution < -0.4 is 5.32 Å². The third kappa shape index (κ3) is 2.65.